The van der Waals surface area contributed by atoms with Crippen LogP contribution in [0.4, 0.5) is 4.79 Å². The zero-order valence-electron chi connectivity index (χ0n) is 21.8. The number of benzene rings is 2. The van der Waals surface area contributed by atoms with Gasteiger partial charge in [0, 0.05) is 24.9 Å². The quantitative estimate of drug-likeness (QED) is 0.0918. The number of fused-ring (bicyclic) bond motifs is 1. The Labute approximate surface area is 236 Å². The summed E-state index contributed by atoms with van der Waals surface area (Å²) in [7, 11) is -4.67. The van der Waals surface area contributed by atoms with Crippen molar-refractivity contribution >= 4 is 37.6 Å². The number of para-hydroxylation sites is 1. The largest absolute Gasteiger partial charge is 0.668 e. The van der Waals surface area contributed by atoms with Crippen LogP contribution in [0.3, 0.4) is 0 Å². The molecule has 7 N–H and O–H groups in total. The summed E-state index contributed by atoms with van der Waals surface area (Å²) < 4.78 is 18.3. The Bertz CT molecular complexity index is 1730. The molecule has 0 radical (unpaired) electrons. The molecule has 16 nitrogen and oxygen atoms in total. The summed E-state index contributed by atoms with van der Waals surface area (Å²) in [6.45, 7) is -2.12. The number of carbonyl (C=O) groups is 3. The van der Waals surface area contributed by atoms with E-state index in [1.54, 1.807) is 6.92 Å². The average Bonchev–Trinajstić information content (AvgIpc) is 2.92. The molecule has 0 spiro atoms. The maximum absolute atomic E-state index is 13.5. The molecule has 18 heteroatoms. The van der Waals surface area contributed by atoms with Crippen LogP contribution in [0.25, 0.3) is 0 Å². The molecule has 2 atom stereocenters. The van der Waals surface area contributed by atoms with Gasteiger partial charge in [-0.2, -0.15) is 0 Å². The molecule has 0 saturated heterocycles. The summed E-state index contributed by atoms with van der Waals surface area (Å²) in [6, 6.07) is 5.42. The van der Waals surface area contributed by atoms with E-state index in [0.717, 1.165) is 35.0 Å². The zero-order chi connectivity index (χ0) is 31.0. The van der Waals surface area contributed by atoms with E-state index in [1.165, 1.54) is 24.4 Å². The van der Waals surface area contributed by atoms with E-state index in [2.05, 4.69) is 10.6 Å². The summed E-state index contributed by atoms with van der Waals surface area (Å²) in [6.07, 6.45) is 1.90. The highest BCUT2D eigenvalue weighted by Gasteiger charge is 2.42. The highest BCUT2D eigenvalue weighted by Crippen LogP contribution is 2.34. The summed E-state index contributed by atoms with van der Waals surface area (Å²) in [5.41, 5.74) is -2.36. The Hall–Kier alpha value is -4.54. The molecule has 2 aromatic carbocycles. The van der Waals surface area contributed by atoms with Crippen LogP contribution in [0.2, 0.25) is 0 Å². The Balaban J connectivity index is 1.68. The van der Waals surface area contributed by atoms with Gasteiger partial charge in [-0.25, -0.2) is 14.2 Å². The van der Waals surface area contributed by atoms with Crippen molar-refractivity contribution in [3.05, 3.63) is 92.3 Å². The molecule has 2 amide bonds. The van der Waals surface area contributed by atoms with Crippen molar-refractivity contribution in [1.82, 2.24) is 19.8 Å². The summed E-state index contributed by atoms with van der Waals surface area (Å²) in [4.78, 5) is 81.6. The molecule has 0 aliphatic carbocycles. The van der Waals surface area contributed by atoms with Crippen molar-refractivity contribution in [3.63, 3.8) is 0 Å². The Kier molecular flexibility index (Phi) is 8.25. The first-order valence-corrected chi connectivity index (χ1v) is 14.0. The van der Waals surface area contributed by atoms with E-state index >= 15 is 0 Å². The van der Waals surface area contributed by atoms with Gasteiger partial charge in [-0.3, -0.25) is 18.9 Å². The Morgan fingerprint density at radius 2 is 1.74 bits per heavy atom. The van der Waals surface area contributed by atoms with E-state index in [0.29, 0.717) is 4.57 Å². The van der Waals surface area contributed by atoms with Gasteiger partial charge in [-0.15, -0.1) is 0 Å². The number of hydrogen-bond acceptors (Lipinski definition) is 9. The van der Waals surface area contributed by atoms with Crippen LogP contribution in [0, 0.1) is 0 Å². The predicted molar refractivity (Wildman–Crippen MR) is 145 cm³/mol. The van der Waals surface area contributed by atoms with Crippen molar-refractivity contribution < 1.29 is 48.5 Å². The fourth-order valence-corrected chi connectivity index (χ4v) is 4.93. The van der Waals surface area contributed by atoms with Crippen LogP contribution < -0.4 is 31.7 Å². The van der Waals surface area contributed by atoms with Crippen molar-refractivity contribution in [1.29, 1.82) is 0 Å². The van der Waals surface area contributed by atoms with E-state index in [4.69, 9.17) is 4.65 Å². The lowest BCUT2D eigenvalue weighted by Gasteiger charge is -2.44. The molecule has 2 heterocycles. The number of nitrogens with zero attached hydrogens (tertiary/aromatic N) is 2. The maximum atomic E-state index is 13.5. The first-order valence-electron chi connectivity index (χ1n) is 12.4. The first kappa shape index (κ1) is 30.4. The smallest absolute Gasteiger partial charge is 0.452 e. The minimum atomic E-state index is -4.67. The fourth-order valence-electron chi connectivity index (χ4n) is 4.40. The van der Waals surface area contributed by atoms with Gasteiger partial charge in [0.05, 0.1) is 16.6 Å². The van der Waals surface area contributed by atoms with Crippen LogP contribution in [-0.2, 0) is 22.3 Å². The lowest BCUT2D eigenvalue weighted by Crippen LogP contribution is -2.65. The second-order valence-corrected chi connectivity index (χ2v) is 11.0. The molecule has 222 valence electrons. The normalized spacial score (nSPS) is 16.5. The minimum Gasteiger partial charge on any atom is -0.668 e. The highest BCUT2D eigenvalue weighted by molar-refractivity contribution is 7.60. The molecule has 1 aliphatic rings. The fraction of sp³-hybridized carbons (Fsp3) is 0.208. The maximum Gasteiger partial charge on any atom is 0.452 e. The number of hydrogen-bond donors (Lipinski definition) is 7. The van der Waals surface area contributed by atoms with Crippen LogP contribution in [0.1, 0.15) is 34.5 Å². The van der Waals surface area contributed by atoms with Gasteiger partial charge in [-0.1, -0.05) is 24.3 Å². The van der Waals surface area contributed by atoms with Gasteiger partial charge in [0.2, 0.25) is 5.91 Å². The molecule has 42 heavy (non-hydrogen) atoms. The molecule has 0 fully saturated rings. The number of rotatable bonds is 7. The molecular weight excluding hydrogens is 578 g/mol. The molecule has 1 aliphatic heterocycles. The minimum absolute atomic E-state index is 0.0349. The van der Waals surface area contributed by atoms with Crippen LogP contribution in [0.5, 0.6) is 5.75 Å². The summed E-state index contributed by atoms with van der Waals surface area (Å²) in [5.74, 6) is -4.29. The third-order valence-corrected chi connectivity index (χ3v) is 7.59. The highest BCUT2D eigenvalue weighted by atomic mass is 31.2. The van der Waals surface area contributed by atoms with Gasteiger partial charge in [0.1, 0.15) is 6.04 Å². The standard InChI is InChI=1S/C24H25BN4O12P/c1-2-28-10-11-29(22(32)21(28)31)24(35)27-18(13-6-8-15(9-7-13)42(38,39)40)20(30)26-17-12-14-4-3-5-16(23(33)34)19(14)41-25(17,36)37/h3-11,17-18,36-37H,2,12H2,1H3,(H,26,30)(H,27,35)(H,33,34)(H2,38,39,40)/q-1/t17-,18+/m0/s1. The first-order chi connectivity index (χ1) is 19.6. The van der Waals surface area contributed by atoms with Crippen LogP contribution in [-0.4, -0.2) is 64.7 Å². The second-order valence-electron chi connectivity index (χ2n) is 9.38. The lowest BCUT2D eigenvalue weighted by atomic mass is 9.64. The number of amides is 2. The summed E-state index contributed by atoms with van der Waals surface area (Å²) >= 11 is 0. The topological polar surface area (TPSA) is 247 Å². The molecule has 3 aromatic rings. The van der Waals surface area contributed by atoms with E-state index in [9.17, 15) is 53.5 Å². The van der Waals surface area contributed by atoms with Crippen molar-refractivity contribution in [2.24, 2.45) is 0 Å². The zero-order valence-corrected chi connectivity index (χ0v) is 22.7. The Morgan fingerprint density at radius 1 is 1.07 bits per heavy atom. The van der Waals surface area contributed by atoms with E-state index < -0.39 is 60.7 Å². The third kappa shape index (κ3) is 6.05. The van der Waals surface area contributed by atoms with Crippen LogP contribution >= 0.6 is 7.60 Å². The third-order valence-electron chi connectivity index (χ3n) is 6.62. The molecule has 1 aromatic heterocycles. The SMILES string of the molecule is CCn1ccn(C(=O)N[C@@H](C(=O)N[C@H]2Cc3cccc(C(=O)O)c3O[B-]2(O)O)c2ccc(P(=O)(O)O)cc2)c(=O)c1=O. The second kappa shape index (κ2) is 11.4. The predicted octanol–water partition coefficient (Wildman–Crippen LogP) is -1.59. The number of aryl methyl sites for hydroxylation is 1. The van der Waals surface area contributed by atoms with Gasteiger partial charge < -0.3 is 44.8 Å². The van der Waals surface area contributed by atoms with Gasteiger partial charge >= 0.3 is 37.5 Å². The Morgan fingerprint density at radius 3 is 2.33 bits per heavy atom. The van der Waals surface area contributed by atoms with Crippen molar-refractivity contribution in [3.8, 4) is 5.75 Å². The van der Waals surface area contributed by atoms with Crippen LogP contribution in [0.15, 0.2) is 64.4 Å². The van der Waals surface area contributed by atoms with Gasteiger partial charge in [0.25, 0.3) is 0 Å². The molecular formula is C24H25BN4O12P-. The van der Waals surface area contributed by atoms with E-state index in [-0.39, 0.29) is 35.4 Å². The van der Waals surface area contributed by atoms with Crippen molar-refractivity contribution in [2.75, 3.05) is 0 Å². The molecule has 0 unspecified atom stereocenters. The van der Waals surface area contributed by atoms with Crippen molar-refractivity contribution in [2.45, 2.75) is 31.9 Å². The summed E-state index contributed by atoms with van der Waals surface area (Å²) in [5, 5.41) is 34.9. The molecule has 0 bridgehead atoms. The number of nitrogens with one attached hydrogen (secondary N) is 2. The number of aromatic nitrogens is 2. The number of carbonyl (C=O) groups excluding carboxylic acids is 2. The number of carboxylic acid groups (broad SMARTS) is 1. The molecule has 0 saturated carbocycles. The lowest BCUT2D eigenvalue weighted by molar-refractivity contribution is -0.123. The average molecular weight is 603 g/mol. The number of carboxylic acids is 1. The van der Waals surface area contributed by atoms with Gasteiger partial charge in [0.15, 0.2) is 0 Å². The number of aromatic carboxylic acids is 1. The molecule has 4 rings (SSSR count). The van der Waals surface area contributed by atoms with Gasteiger partial charge in [-0.05, 0) is 42.7 Å². The van der Waals surface area contributed by atoms with E-state index in [1.807, 2.05) is 0 Å². The monoisotopic (exact) mass is 603 g/mol.